The Kier molecular flexibility index (Phi) is 4.67. The Morgan fingerprint density at radius 2 is 2.04 bits per heavy atom. The summed E-state index contributed by atoms with van der Waals surface area (Å²) in [5, 5.41) is 5.41. The number of benzene rings is 1. The first kappa shape index (κ1) is 17.3. The largest absolute Gasteiger partial charge is 0.350 e. The SMILES string of the molecule is Cc1cc(C(=O)Nc2ccccc2F)nc(NC2CCS(=O)(=O)C2)n1. The Labute approximate surface area is 144 Å². The first-order chi connectivity index (χ1) is 11.8. The van der Waals surface area contributed by atoms with Crippen LogP contribution in [-0.2, 0) is 9.84 Å². The summed E-state index contributed by atoms with van der Waals surface area (Å²) in [6.07, 6.45) is 0.469. The number of carbonyl (C=O) groups excluding carboxylic acids is 1. The molecule has 9 heteroatoms. The van der Waals surface area contributed by atoms with Gasteiger partial charge in [-0.1, -0.05) is 12.1 Å². The van der Waals surface area contributed by atoms with Gasteiger partial charge in [0.2, 0.25) is 5.95 Å². The Balaban J connectivity index is 1.77. The van der Waals surface area contributed by atoms with Crippen LogP contribution < -0.4 is 10.6 Å². The second-order valence-corrected chi connectivity index (χ2v) is 8.13. The molecule has 1 amide bonds. The molecule has 0 spiro atoms. The minimum atomic E-state index is -3.04. The fraction of sp³-hybridized carbons (Fsp3) is 0.312. The molecule has 0 bridgehead atoms. The third-order valence-corrected chi connectivity index (χ3v) is 5.54. The highest BCUT2D eigenvalue weighted by Crippen LogP contribution is 2.17. The fourth-order valence-corrected chi connectivity index (χ4v) is 4.26. The van der Waals surface area contributed by atoms with Crippen LogP contribution in [0.2, 0.25) is 0 Å². The predicted molar refractivity (Wildman–Crippen MR) is 91.8 cm³/mol. The van der Waals surface area contributed by atoms with Crippen LogP contribution in [0.5, 0.6) is 0 Å². The number of rotatable bonds is 4. The van der Waals surface area contributed by atoms with Crippen molar-refractivity contribution in [1.29, 1.82) is 0 Å². The number of aryl methyl sites for hydroxylation is 1. The number of para-hydroxylation sites is 1. The third kappa shape index (κ3) is 4.30. The van der Waals surface area contributed by atoms with E-state index in [1.807, 2.05) is 0 Å². The highest BCUT2D eigenvalue weighted by Gasteiger charge is 2.28. The molecule has 1 atom stereocenters. The van der Waals surface area contributed by atoms with E-state index in [2.05, 4.69) is 20.6 Å². The van der Waals surface area contributed by atoms with E-state index < -0.39 is 21.6 Å². The number of amides is 1. The molecular formula is C16H17FN4O3S. The quantitative estimate of drug-likeness (QED) is 0.858. The van der Waals surface area contributed by atoms with Gasteiger partial charge in [0.15, 0.2) is 9.84 Å². The van der Waals surface area contributed by atoms with Crippen molar-refractivity contribution in [2.75, 3.05) is 22.1 Å². The van der Waals surface area contributed by atoms with Crippen molar-refractivity contribution in [2.24, 2.45) is 0 Å². The van der Waals surface area contributed by atoms with E-state index in [9.17, 15) is 17.6 Å². The lowest BCUT2D eigenvalue weighted by atomic mass is 10.2. The van der Waals surface area contributed by atoms with Crippen LogP contribution in [0.25, 0.3) is 0 Å². The average molecular weight is 364 g/mol. The second kappa shape index (κ2) is 6.75. The van der Waals surface area contributed by atoms with E-state index in [0.717, 1.165) is 0 Å². The van der Waals surface area contributed by atoms with Gasteiger partial charge in [0.1, 0.15) is 11.5 Å². The zero-order chi connectivity index (χ0) is 18.0. The number of halogens is 1. The summed E-state index contributed by atoms with van der Waals surface area (Å²) in [5.41, 5.74) is 0.663. The lowest BCUT2D eigenvalue weighted by Gasteiger charge is -2.12. The first-order valence-corrected chi connectivity index (χ1v) is 9.53. The number of nitrogens with one attached hydrogen (secondary N) is 2. The molecule has 7 nitrogen and oxygen atoms in total. The number of aromatic nitrogens is 2. The summed E-state index contributed by atoms with van der Waals surface area (Å²) < 4.78 is 36.7. The van der Waals surface area contributed by atoms with E-state index in [1.165, 1.54) is 24.3 Å². The molecule has 0 saturated carbocycles. The highest BCUT2D eigenvalue weighted by molar-refractivity contribution is 7.91. The Hall–Kier alpha value is -2.55. The summed E-state index contributed by atoms with van der Waals surface area (Å²) >= 11 is 0. The smallest absolute Gasteiger partial charge is 0.274 e. The molecule has 2 N–H and O–H groups in total. The molecule has 1 aliphatic heterocycles. The van der Waals surface area contributed by atoms with Crippen molar-refractivity contribution in [1.82, 2.24) is 9.97 Å². The molecule has 25 heavy (non-hydrogen) atoms. The Bertz CT molecular complexity index is 917. The van der Waals surface area contributed by atoms with Crippen molar-refractivity contribution in [3.8, 4) is 0 Å². The minimum Gasteiger partial charge on any atom is -0.350 e. The van der Waals surface area contributed by atoms with Crippen molar-refractivity contribution in [3.63, 3.8) is 0 Å². The average Bonchev–Trinajstić information content (AvgIpc) is 2.87. The van der Waals surface area contributed by atoms with Crippen molar-refractivity contribution in [2.45, 2.75) is 19.4 Å². The lowest BCUT2D eigenvalue weighted by molar-refractivity contribution is 0.102. The predicted octanol–water partition coefficient (Wildman–Crippen LogP) is 1.78. The van der Waals surface area contributed by atoms with Crippen LogP contribution in [0.15, 0.2) is 30.3 Å². The third-order valence-electron chi connectivity index (χ3n) is 3.77. The second-order valence-electron chi connectivity index (χ2n) is 5.90. The number of nitrogens with zero attached hydrogens (tertiary/aromatic N) is 2. The number of hydrogen-bond donors (Lipinski definition) is 2. The standard InChI is InChI=1S/C16H17FN4O3S/c1-10-8-14(15(22)20-13-5-3-2-4-12(13)17)21-16(18-10)19-11-6-7-25(23,24)9-11/h2-5,8,11H,6-7,9H2,1H3,(H,20,22)(H,18,19,21). The number of carbonyl (C=O) groups is 1. The van der Waals surface area contributed by atoms with Crippen LogP contribution in [0.3, 0.4) is 0 Å². The molecule has 1 aromatic heterocycles. The molecule has 0 radical (unpaired) electrons. The van der Waals surface area contributed by atoms with E-state index in [1.54, 1.807) is 13.0 Å². The zero-order valence-electron chi connectivity index (χ0n) is 13.5. The molecule has 0 aliphatic carbocycles. The number of anilines is 2. The fourth-order valence-electron chi connectivity index (χ4n) is 2.59. The number of hydrogen-bond acceptors (Lipinski definition) is 6. The van der Waals surface area contributed by atoms with Crippen LogP contribution in [-0.4, -0.2) is 41.8 Å². The van der Waals surface area contributed by atoms with Gasteiger partial charge >= 0.3 is 0 Å². The Morgan fingerprint density at radius 3 is 2.72 bits per heavy atom. The van der Waals surface area contributed by atoms with Gasteiger partial charge < -0.3 is 10.6 Å². The lowest BCUT2D eigenvalue weighted by Crippen LogP contribution is -2.23. The van der Waals surface area contributed by atoms with E-state index in [0.29, 0.717) is 12.1 Å². The van der Waals surface area contributed by atoms with Gasteiger partial charge in [0.25, 0.3) is 5.91 Å². The van der Waals surface area contributed by atoms with E-state index in [-0.39, 0.29) is 34.9 Å². The molecule has 1 unspecified atom stereocenters. The summed E-state index contributed by atoms with van der Waals surface area (Å²) in [7, 11) is -3.04. The molecule has 132 valence electrons. The van der Waals surface area contributed by atoms with Crippen LogP contribution >= 0.6 is 0 Å². The monoisotopic (exact) mass is 364 g/mol. The van der Waals surface area contributed by atoms with Crippen LogP contribution in [0, 0.1) is 12.7 Å². The first-order valence-electron chi connectivity index (χ1n) is 7.71. The molecular weight excluding hydrogens is 347 g/mol. The van der Waals surface area contributed by atoms with E-state index >= 15 is 0 Å². The van der Waals surface area contributed by atoms with Crippen molar-refractivity contribution >= 4 is 27.4 Å². The molecule has 1 aromatic carbocycles. The molecule has 2 heterocycles. The number of sulfone groups is 1. The van der Waals surface area contributed by atoms with E-state index in [4.69, 9.17) is 0 Å². The molecule has 1 aliphatic rings. The van der Waals surface area contributed by atoms with Gasteiger partial charge in [0, 0.05) is 11.7 Å². The maximum Gasteiger partial charge on any atom is 0.274 e. The normalized spacial score (nSPS) is 18.7. The van der Waals surface area contributed by atoms with Gasteiger partial charge in [-0.3, -0.25) is 4.79 Å². The van der Waals surface area contributed by atoms with Gasteiger partial charge in [-0.15, -0.1) is 0 Å². The summed E-state index contributed by atoms with van der Waals surface area (Å²) in [5.74, 6) is -0.798. The molecule has 2 aromatic rings. The van der Waals surface area contributed by atoms with Crippen LogP contribution in [0.1, 0.15) is 22.6 Å². The van der Waals surface area contributed by atoms with Gasteiger partial charge in [-0.2, -0.15) is 0 Å². The Morgan fingerprint density at radius 1 is 1.28 bits per heavy atom. The van der Waals surface area contributed by atoms with Gasteiger partial charge in [0.05, 0.1) is 17.2 Å². The van der Waals surface area contributed by atoms with Crippen molar-refractivity contribution in [3.05, 3.63) is 47.5 Å². The summed E-state index contributed by atoms with van der Waals surface area (Å²) in [4.78, 5) is 20.6. The summed E-state index contributed by atoms with van der Waals surface area (Å²) in [6.45, 7) is 1.69. The maximum absolute atomic E-state index is 13.7. The van der Waals surface area contributed by atoms with Crippen LogP contribution in [0.4, 0.5) is 16.0 Å². The maximum atomic E-state index is 13.7. The molecule has 3 rings (SSSR count). The highest BCUT2D eigenvalue weighted by atomic mass is 32.2. The minimum absolute atomic E-state index is 0.0149. The summed E-state index contributed by atoms with van der Waals surface area (Å²) in [6, 6.07) is 7.02. The van der Waals surface area contributed by atoms with Crippen molar-refractivity contribution < 1.29 is 17.6 Å². The zero-order valence-corrected chi connectivity index (χ0v) is 14.3. The molecule has 1 fully saturated rings. The van der Waals surface area contributed by atoms with Gasteiger partial charge in [-0.05, 0) is 31.5 Å². The molecule has 1 saturated heterocycles. The van der Waals surface area contributed by atoms with Gasteiger partial charge in [-0.25, -0.2) is 22.8 Å². The topological polar surface area (TPSA) is 101 Å².